The molecule has 1 N–H and O–H groups in total. The van der Waals surface area contributed by atoms with Crippen molar-refractivity contribution in [2.45, 2.75) is 26.3 Å². The number of hydrogen-bond acceptors (Lipinski definition) is 4. The molecule has 5 nitrogen and oxygen atoms in total. The molecular formula is C22H24Cl2N2O3. The normalized spacial score (nSPS) is 17.0. The zero-order chi connectivity index (χ0) is 20.8. The number of hydrogen-bond donors (Lipinski definition) is 1. The second-order valence-electron chi connectivity index (χ2n) is 7.07. The molecule has 154 valence electrons. The van der Waals surface area contributed by atoms with Crippen LogP contribution in [-0.2, 0) is 16.1 Å². The highest BCUT2D eigenvalue weighted by molar-refractivity contribution is 6.34. The first kappa shape index (κ1) is 21.6. The number of halogens is 2. The molecule has 1 heterocycles. The Morgan fingerprint density at radius 1 is 1.17 bits per heavy atom. The molecule has 1 atom stereocenters. The highest BCUT2D eigenvalue weighted by Gasteiger charge is 2.26. The quantitative estimate of drug-likeness (QED) is 0.648. The Morgan fingerprint density at radius 3 is 2.69 bits per heavy atom. The van der Waals surface area contributed by atoms with E-state index in [2.05, 4.69) is 10.2 Å². The summed E-state index contributed by atoms with van der Waals surface area (Å²) in [6.45, 7) is 4.35. The van der Waals surface area contributed by atoms with Crippen molar-refractivity contribution >= 4 is 40.8 Å². The minimum atomic E-state index is -0.474. The van der Waals surface area contributed by atoms with Gasteiger partial charge >= 0.3 is 5.97 Å². The van der Waals surface area contributed by atoms with Gasteiger partial charge in [0.05, 0.1) is 23.1 Å². The number of amides is 1. The molecule has 2 aromatic rings. The lowest BCUT2D eigenvalue weighted by molar-refractivity contribution is -0.121. The molecular weight excluding hydrogens is 411 g/mol. The predicted molar refractivity (Wildman–Crippen MR) is 115 cm³/mol. The highest BCUT2D eigenvalue weighted by Crippen LogP contribution is 2.25. The average molecular weight is 435 g/mol. The molecule has 0 saturated carbocycles. The third-order valence-electron chi connectivity index (χ3n) is 4.96. The number of likely N-dealkylation sites (tertiary alicyclic amines) is 1. The Kier molecular flexibility index (Phi) is 7.53. The summed E-state index contributed by atoms with van der Waals surface area (Å²) in [5.41, 5.74) is 1.92. The van der Waals surface area contributed by atoms with Gasteiger partial charge in [-0.05, 0) is 56.1 Å². The molecule has 1 unspecified atom stereocenters. The summed E-state index contributed by atoms with van der Waals surface area (Å²) in [6, 6.07) is 12.6. The maximum Gasteiger partial charge on any atom is 0.339 e. The highest BCUT2D eigenvalue weighted by atomic mass is 35.5. The summed E-state index contributed by atoms with van der Waals surface area (Å²) in [7, 11) is 0. The van der Waals surface area contributed by atoms with Gasteiger partial charge in [-0.15, -0.1) is 0 Å². The summed E-state index contributed by atoms with van der Waals surface area (Å²) < 4.78 is 4.97. The zero-order valence-corrected chi connectivity index (χ0v) is 17.8. The number of anilines is 1. The van der Waals surface area contributed by atoms with Crippen LogP contribution in [0.3, 0.4) is 0 Å². The van der Waals surface area contributed by atoms with Crippen molar-refractivity contribution in [2.75, 3.05) is 25.0 Å². The number of ether oxygens (including phenoxy) is 1. The SMILES string of the molecule is CCOC(=O)c1ccc(NC(=O)C2CCCN(Cc3ccccc3Cl)C2)cc1Cl. The molecule has 0 bridgehead atoms. The summed E-state index contributed by atoms with van der Waals surface area (Å²) in [6.07, 6.45) is 1.78. The lowest BCUT2D eigenvalue weighted by Crippen LogP contribution is -2.40. The van der Waals surface area contributed by atoms with Crippen LogP contribution in [0.2, 0.25) is 10.0 Å². The van der Waals surface area contributed by atoms with Gasteiger partial charge in [0.1, 0.15) is 0 Å². The van der Waals surface area contributed by atoms with Crippen molar-refractivity contribution in [1.29, 1.82) is 0 Å². The number of benzene rings is 2. The van der Waals surface area contributed by atoms with E-state index < -0.39 is 5.97 Å². The van der Waals surface area contributed by atoms with E-state index >= 15 is 0 Å². The molecule has 1 amide bonds. The number of rotatable bonds is 6. The standard InChI is InChI=1S/C22H24Cl2N2O3/c1-2-29-22(28)18-10-9-17(12-20(18)24)25-21(27)16-7-5-11-26(14-16)13-15-6-3-4-8-19(15)23/h3-4,6,8-10,12,16H,2,5,7,11,13-14H2,1H3,(H,25,27). The molecule has 1 saturated heterocycles. The third-order valence-corrected chi connectivity index (χ3v) is 5.64. The fourth-order valence-electron chi connectivity index (χ4n) is 3.49. The topological polar surface area (TPSA) is 58.6 Å². The smallest absolute Gasteiger partial charge is 0.339 e. The summed E-state index contributed by atoms with van der Waals surface area (Å²) >= 11 is 12.5. The van der Waals surface area contributed by atoms with Crippen molar-refractivity contribution in [1.82, 2.24) is 4.90 Å². The van der Waals surface area contributed by atoms with Gasteiger partial charge in [-0.1, -0.05) is 41.4 Å². The van der Waals surface area contributed by atoms with Gasteiger partial charge in [0.25, 0.3) is 0 Å². The molecule has 3 rings (SSSR count). The number of carbonyl (C=O) groups is 2. The van der Waals surface area contributed by atoms with Crippen molar-refractivity contribution in [3.8, 4) is 0 Å². The Labute approximate surface area is 180 Å². The van der Waals surface area contributed by atoms with Gasteiger partial charge in [0.2, 0.25) is 5.91 Å². The minimum absolute atomic E-state index is 0.0474. The fourth-order valence-corrected chi connectivity index (χ4v) is 3.95. The van der Waals surface area contributed by atoms with Crippen LogP contribution in [0.25, 0.3) is 0 Å². The van der Waals surface area contributed by atoms with Crippen molar-refractivity contribution in [3.63, 3.8) is 0 Å². The molecule has 1 fully saturated rings. The van der Waals surface area contributed by atoms with Crippen LogP contribution in [0.1, 0.15) is 35.7 Å². The summed E-state index contributed by atoms with van der Waals surface area (Å²) in [5, 5.41) is 3.92. The molecule has 7 heteroatoms. The second-order valence-corrected chi connectivity index (χ2v) is 7.88. The van der Waals surface area contributed by atoms with Crippen LogP contribution in [0.5, 0.6) is 0 Å². The molecule has 1 aliphatic rings. The molecule has 0 radical (unpaired) electrons. The summed E-state index contributed by atoms with van der Waals surface area (Å²) in [5.74, 6) is -0.638. The molecule has 2 aromatic carbocycles. The van der Waals surface area contributed by atoms with E-state index in [0.29, 0.717) is 12.2 Å². The van der Waals surface area contributed by atoms with Crippen molar-refractivity contribution in [3.05, 3.63) is 63.6 Å². The molecule has 0 aliphatic carbocycles. The number of nitrogens with one attached hydrogen (secondary N) is 1. The van der Waals surface area contributed by atoms with Crippen LogP contribution in [0, 0.1) is 5.92 Å². The van der Waals surface area contributed by atoms with Crippen LogP contribution in [-0.4, -0.2) is 36.5 Å². The van der Waals surface area contributed by atoms with Crippen LogP contribution < -0.4 is 5.32 Å². The van der Waals surface area contributed by atoms with Crippen molar-refractivity contribution in [2.24, 2.45) is 5.92 Å². The first-order valence-corrected chi connectivity index (χ1v) is 10.5. The largest absolute Gasteiger partial charge is 0.462 e. The van der Waals surface area contributed by atoms with E-state index in [0.717, 1.165) is 36.5 Å². The zero-order valence-electron chi connectivity index (χ0n) is 16.3. The van der Waals surface area contributed by atoms with Crippen LogP contribution in [0.4, 0.5) is 5.69 Å². The maximum atomic E-state index is 12.8. The molecule has 29 heavy (non-hydrogen) atoms. The Balaban J connectivity index is 1.61. The van der Waals surface area contributed by atoms with Gasteiger partial charge in [-0.3, -0.25) is 9.69 Å². The average Bonchev–Trinajstić information content (AvgIpc) is 2.70. The molecule has 0 aromatic heterocycles. The van der Waals surface area contributed by atoms with Crippen LogP contribution in [0.15, 0.2) is 42.5 Å². The van der Waals surface area contributed by atoms with E-state index in [1.165, 1.54) is 0 Å². The molecule has 1 aliphatic heterocycles. The molecule has 0 spiro atoms. The third kappa shape index (κ3) is 5.72. The van der Waals surface area contributed by atoms with Crippen molar-refractivity contribution < 1.29 is 14.3 Å². The maximum absolute atomic E-state index is 12.8. The first-order chi connectivity index (χ1) is 14.0. The van der Waals surface area contributed by atoms with E-state index in [9.17, 15) is 9.59 Å². The van der Waals surface area contributed by atoms with Gasteiger partial charge in [-0.2, -0.15) is 0 Å². The minimum Gasteiger partial charge on any atom is -0.462 e. The second kappa shape index (κ2) is 10.1. The van der Waals surface area contributed by atoms with Gasteiger partial charge < -0.3 is 10.1 Å². The lowest BCUT2D eigenvalue weighted by atomic mass is 9.96. The van der Waals surface area contributed by atoms with Gasteiger partial charge in [0.15, 0.2) is 0 Å². The lowest BCUT2D eigenvalue weighted by Gasteiger charge is -2.32. The predicted octanol–water partition coefficient (Wildman–Crippen LogP) is 5.02. The van der Waals surface area contributed by atoms with E-state index in [1.54, 1.807) is 25.1 Å². The number of piperidine rings is 1. The van der Waals surface area contributed by atoms with E-state index in [4.69, 9.17) is 27.9 Å². The summed E-state index contributed by atoms with van der Waals surface area (Å²) in [4.78, 5) is 26.9. The van der Waals surface area contributed by atoms with Gasteiger partial charge in [0, 0.05) is 23.8 Å². The first-order valence-electron chi connectivity index (χ1n) is 9.71. The van der Waals surface area contributed by atoms with Crippen LogP contribution >= 0.6 is 23.2 Å². The van der Waals surface area contributed by atoms with Gasteiger partial charge in [-0.25, -0.2) is 4.79 Å². The number of esters is 1. The number of nitrogens with zero attached hydrogens (tertiary/aromatic N) is 1. The monoisotopic (exact) mass is 434 g/mol. The number of carbonyl (C=O) groups excluding carboxylic acids is 2. The van der Waals surface area contributed by atoms with E-state index in [-0.39, 0.29) is 29.0 Å². The Morgan fingerprint density at radius 2 is 1.97 bits per heavy atom. The van der Waals surface area contributed by atoms with E-state index in [1.807, 2.05) is 24.3 Å². The fraction of sp³-hybridized carbons (Fsp3) is 0.364. The Bertz CT molecular complexity index is 888. The Hall–Kier alpha value is -2.08.